The number of nitrogens with one attached hydrogen (secondary N) is 2. The third-order valence-electron chi connectivity index (χ3n) is 1.84. The lowest BCUT2D eigenvalue weighted by atomic mass is 10.4. The summed E-state index contributed by atoms with van der Waals surface area (Å²) >= 11 is 10.9. The van der Waals surface area contributed by atoms with E-state index in [0.29, 0.717) is 16.7 Å². The van der Waals surface area contributed by atoms with Crippen LogP contribution in [0, 0.1) is 0 Å². The molecule has 0 spiro atoms. The molecule has 1 rings (SSSR count). The predicted octanol–water partition coefficient (Wildman–Crippen LogP) is 1.15. The highest BCUT2D eigenvalue weighted by Gasteiger charge is 2.07. The first kappa shape index (κ1) is 11.3. The van der Waals surface area contributed by atoms with E-state index in [-0.39, 0.29) is 0 Å². The molecule has 0 aliphatic carbocycles. The van der Waals surface area contributed by atoms with E-state index in [1.54, 1.807) is 13.2 Å². The summed E-state index contributed by atoms with van der Waals surface area (Å²) in [5.41, 5.74) is 0.951. The van der Waals surface area contributed by atoms with Gasteiger partial charge in [0.25, 0.3) is 0 Å². The molecule has 0 amide bonds. The molecule has 0 saturated heterocycles. The van der Waals surface area contributed by atoms with E-state index in [1.165, 1.54) is 0 Å². The molecule has 6 heteroatoms. The van der Waals surface area contributed by atoms with Gasteiger partial charge in [-0.1, -0.05) is 11.6 Å². The maximum Gasteiger partial charge on any atom is 0.166 e. The average Bonchev–Trinajstić information content (AvgIpc) is 2.55. The van der Waals surface area contributed by atoms with Gasteiger partial charge in [0.1, 0.15) is 0 Å². The van der Waals surface area contributed by atoms with Crippen molar-refractivity contribution in [1.82, 2.24) is 20.4 Å². The number of halogens is 1. The molecule has 78 valence electrons. The van der Waals surface area contributed by atoms with Crippen molar-refractivity contribution < 1.29 is 0 Å². The summed E-state index contributed by atoms with van der Waals surface area (Å²) in [5, 5.41) is 11.2. The highest BCUT2D eigenvalue weighted by molar-refractivity contribution is 7.80. The van der Waals surface area contributed by atoms with Crippen molar-refractivity contribution >= 4 is 28.9 Å². The molecule has 4 nitrogen and oxygen atoms in total. The quantitative estimate of drug-likeness (QED) is 0.768. The summed E-state index contributed by atoms with van der Waals surface area (Å²) in [6, 6.07) is 0. The van der Waals surface area contributed by atoms with E-state index in [1.807, 2.05) is 11.6 Å². The van der Waals surface area contributed by atoms with E-state index in [4.69, 9.17) is 23.8 Å². The lowest BCUT2D eigenvalue weighted by Gasteiger charge is -2.08. The third-order valence-corrected chi connectivity index (χ3v) is 2.50. The van der Waals surface area contributed by atoms with Crippen molar-refractivity contribution in [3.8, 4) is 0 Å². The van der Waals surface area contributed by atoms with Crippen molar-refractivity contribution in [3.05, 3.63) is 16.9 Å². The first-order valence-electron chi connectivity index (χ1n) is 4.34. The number of rotatable bonds is 3. The zero-order valence-electron chi connectivity index (χ0n) is 8.17. The Kier molecular flexibility index (Phi) is 4.16. The SMILES string of the molecule is CCn1ncc(Cl)c1CNC(=S)NC. The minimum absolute atomic E-state index is 0.590. The van der Waals surface area contributed by atoms with Crippen LogP contribution in [0.3, 0.4) is 0 Å². The van der Waals surface area contributed by atoms with Crippen molar-refractivity contribution in [1.29, 1.82) is 0 Å². The third kappa shape index (κ3) is 2.59. The number of thiocarbonyl (C=S) groups is 1. The van der Waals surface area contributed by atoms with Gasteiger partial charge in [0, 0.05) is 13.6 Å². The van der Waals surface area contributed by atoms with E-state index in [9.17, 15) is 0 Å². The van der Waals surface area contributed by atoms with Crippen LogP contribution in [0.25, 0.3) is 0 Å². The molecule has 0 saturated carbocycles. The normalized spacial score (nSPS) is 9.93. The van der Waals surface area contributed by atoms with Gasteiger partial charge in [-0.05, 0) is 19.1 Å². The zero-order chi connectivity index (χ0) is 10.6. The average molecular weight is 233 g/mol. The molecule has 0 fully saturated rings. The standard InChI is InChI=1S/C8H13ClN4S/c1-3-13-7(6(9)4-12-13)5-11-8(14)10-2/h4H,3,5H2,1-2H3,(H2,10,11,14). The Morgan fingerprint density at radius 1 is 1.71 bits per heavy atom. The molecule has 14 heavy (non-hydrogen) atoms. The molecule has 0 aliphatic rings. The van der Waals surface area contributed by atoms with Gasteiger partial charge in [-0.15, -0.1) is 0 Å². The van der Waals surface area contributed by atoms with Crippen molar-refractivity contribution in [2.75, 3.05) is 7.05 Å². The fraction of sp³-hybridized carbons (Fsp3) is 0.500. The van der Waals surface area contributed by atoms with Gasteiger partial charge >= 0.3 is 0 Å². The smallest absolute Gasteiger partial charge is 0.166 e. The first-order valence-corrected chi connectivity index (χ1v) is 5.13. The van der Waals surface area contributed by atoms with Crippen LogP contribution < -0.4 is 10.6 Å². The maximum atomic E-state index is 5.96. The Labute approximate surface area is 93.6 Å². The lowest BCUT2D eigenvalue weighted by Crippen LogP contribution is -2.32. The molecule has 0 unspecified atom stereocenters. The summed E-state index contributed by atoms with van der Waals surface area (Å²) in [6.07, 6.45) is 1.64. The van der Waals surface area contributed by atoms with E-state index in [2.05, 4.69) is 15.7 Å². The fourth-order valence-corrected chi connectivity index (χ4v) is 1.37. The van der Waals surface area contributed by atoms with Crippen LogP contribution in [-0.4, -0.2) is 21.9 Å². The zero-order valence-corrected chi connectivity index (χ0v) is 9.74. The van der Waals surface area contributed by atoms with Crippen LogP contribution in [0.1, 0.15) is 12.6 Å². The van der Waals surface area contributed by atoms with Gasteiger partial charge in [-0.25, -0.2) is 0 Å². The summed E-state index contributed by atoms with van der Waals surface area (Å²) in [4.78, 5) is 0. The fourth-order valence-electron chi connectivity index (χ4n) is 1.09. The van der Waals surface area contributed by atoms with Gasteiger partial charge < -0.3 is 10.6 Å². The maximum absolute atomic E-state index is 5.96. The van der Waals surface area contributed by atoms with Crippen LogP contribution in [0.4, 0.5) is 0 Å². The Morgan fingerprint density at radius 3 is 3.00 bits per heavy atom. The molecule has 1 aromatic heterocycles. The van der Waals surface area contributed by atoms with Gasteiger partial charge in [-0.2, -0.15) is 5.10 Å². The van der Waals surface area contributed by atoms with E-state index < -0.39 is 0 Å². The largest absolute Gasteiger partial charge is 0.366 e. The molecule has 0 bridgehead atoms. The molecule has 0 aliphatic heterocycles. The highest BCUT2D eigenvalue weighted by Crippen LogP contribution is 2.14. The predicted molar refractivity (Wildman–Crippen MR) is 61.4 cm³/mol. The van der Waals surface area contributed by atoms with Crippen LogP contribution in [0.2, 0.25) is 5.02 Å². The Balaban J connectivity index is 2.65. The van der Waals surface area contributed by atoms with Crippen molar-refractivity contribution in [2.45, 2.75) is 20.0 Å². The summed E-state index contributed by atoms with van der Waals surface area (Å²) in [6.45, 7) is 3.41. The van der Waals surface area contributed by atoms with Crippen LogP contribution in [0.5, 0.6) is 0 Å². The molecular formula is C8H13ClN4S. The van der Waals surface area contributed by atoms with Gasteiger partial charge in [0.05, 0.1) is 23.5 Å². The minimum Gasteiger partial charge on any atom is -0.366 e. The highest BCUT2D eigenvalue weighted by atomic mass is 35.5. The molecule has 1 aromatic rings. The molecule has 0 atom stereocenters. The Bertz CT molecular complexity index is 323. The summed E-state index contributed by atoms with van der Waals surface area (Å²) in [5.74, 6) is 0. The van der Waals surface area contributed by atoms with Crippen LogP contribution in [-0.2, 0) is 13.1 Å². The Morgan fingerprint density at radius 2 is 2.43 bits per heavy atom. The second-order valence-electron chi connectivity index (χ2n) is 2.69. The summed E-state index contributed by atoms with van der Waals surface area (Å²) in [7, 11) is 1.77. The van der Waals surface area contributed by atoms with E-state index >= 15 is 0 Å². The van der Waals surface area contributed by atoms with Crippen LogP contribution >= 0.6 is 23.8 Å². The monoisotopic (exact) mass is 232 g/mol. The second-order valence-corrected chi connectivity index (χ2v) is 3.50. The van der Waals surface area contributed by atoms with Gasteiger partial charge in [0.2, 0.25) is 0 Å². The topological polar surface area (TPSA) is 41.9 Å². The number of aromatic nitrogens is 2. The van der Waals surface area contributed by atoms with Gasteiger partial charge in [-0.3, -0.25) is 4.68 Å². The molecule has 1 heterocycles. The van der Waals surface area contributed by atoms with Crippen molar-refractivity contribution in [2.24, 2.45) is 0 Å². The number of hydrogen-bond donors (Lipinski definition) is 2. The number of aryl methyl sites for hydroxylation is 1. The lowest BCUT2D eigenvalue weighted by molar-refractivity contribution is 0.612. The number of nitrogens with zero attached hydrogens (tertiary/aromatic N) is 2. The molecule has 0 radical (unpaired) electrons. The van der Waals surface area contributed by atoms with Gasteiger partial charge in [0.15, 0.2) is 5.11 Å². The van der Waals surface area contributed by atoms with E-state index in [0.717, 1.165) is 12.2 Å². The molecule has 0 aromatic carbocycles. The molecular weight excluding hydrogens is 220 g/mol. The summed E-state index contributed by atoms with van der Waals surface area (Å²) < 4.78 is 1.84. The number of hydrogen-bond acceptors (Lipinski definition) is 2. The van der Waals surface area contributed by atoms with Crippen LogP contribution in [0.15, 0.2) is 6.20 Å². The van der Waals surface area contributed by atoms with Crippen molar-refractivity contribution in [3.63, 3.8) is 0 Å². The first-order chi connectivity index (χ1) is 6.69. The Hall–Kier alpha value is -0.810. The molecule has 2 N–H and O–H groups in total. The second kappa shape index (κ2) is 5.17. The minimum atomic E-state index is 0.590.